The van der Waals surface area contributed by atoms with Crippen LogP contribution in [-0.4, -0.2) is 25.7 Å². The Kier molecular flexibility index (Phi) is 2.53. The summed E-state index contributed by atoms with van der Waals surface area (Å²) < 4.78 is 1.45. The number of aromatic carboxylic acids is 1. The van der Waals surface area contributed by atoms with E-state index in [0.29, 0.717) is 15.0 Å². The van der Waals surface area contributed by atoms with Gasteiger partial charge in [-0.15, -0.1) is 0 Å². The van der Waals surface area contributed by atoms with Crippen LogP contribution in [0.1, 0.15) is 10.5 Å². The first-order valence-electron chi connectivity index (χ1n) is 4.99. The van der Waals surface area contributed by atoms with Crippen molar-refractivity contribution in [3.05, 3.63) is 41.2 Å². The Balaban J connectivity index is 2.12. The van der Waals surface area contributed by atoms with Crippen LogP contribution in [0.2, 0.25) is 5.02 Å². The highest BCUT2D eigenvalue weighted by atomic mass is 35.5. The lowest BCUT2D eigenvalue weighted by Crippen LogP contribution is -1.95. The van der Waals surface area contributed by atoms with Crippen LogP contribution in [0.25, 0.3) is 15.5 Å². The Morgan fingerprint density at radius 2 is 2.17 bits per heavy atom. The topological polar surface area (TPSA) is 67.5 Å². The van der Waals surface area contributed by atoms with Gasteiger partial charge in [-0.05, 0) is 6.07 Å². The molecule has 0 unspecified atom stereocenters. The van der Waals surface area contributed by atoms with E-state index in [4.69, 9.17) is 16.7 Å². The quantitative estimate of drug-likeness (QED) is 0.783. The molecule has 0 saturated carbocycles. The van der Waals surface area contributed by atoms with Gasteiger partial charge in [-0.25, -0.2) is 14.3 Å². The van der Waals surface area contributed by atoms with Gasteiger partial charge >= 0.3 is 5.97 Å². The third-order valence-corrected chi connectivity index (χ3v) is 3.65. The van der Waals surface area contributed by atoms with Gasteiger partial charge in [0.15, 0.2) is 5.69 Å². The first-order chi connectivity index (χ1) is 8.65. The molecule has 2 aromatic heterocycles. The molecule has 18 heavy (non-hydrogen) atoms. The van der Waals surface area contributed by atoms with Crippen LogP contribution in [0.15, 0.2) is 30.5 Å². The summed E-state index contributed by atoms with van der Waals surface area (Å²) in [7, 11) is 0. The van der Waals surface area contributed by atoms with Crippen molar-refractivity contribution in [3.63, 3.8) is 0 Å². The number of carboxylic acids is 1. The fraction of sp³-hybridized carbons (Fsp3) is 0. The highest BCUT2D eigenvalue weighted by molar-refractivity contribution is 7.19. The molecule has 0 aliphatic carbocycles. The van der Waals surface area contributed by atoms with E-state index in [9.17, 15) is 4.79 Å². The zero-order chi connectivity index (χ0) is 12.7. The summed E-state index contributed by atoms with van der Waals surface area (Å²) in [5.41, 5.74) is 0.797. The molecular formula is C11H6ClN3O2S. The number of hydrogen-bond acceptors (Lipinski definition) is 4. The number of imidazole rings is 1. The second-order valence-corrected chi connectivity index (χ2v) is 4.91. The molecule has 2 heterocycles. The molecular weight excluding hydrogens is 274 g/mol. The highest BCUT2D eigenvalue weighted by Gasteiger charge is 2.14. The van der Waals surface area contributed by atoms with E-state index in [1.54, 1.807) is 6.07 Å². The van der Waals surface area contributed by atoms with Gasteiger partial charge in [0.25, 0.3) is 0 Å². The molecule has 0 amide bonds. The molecule has 3 aromatic rings. The van der Waals surface area contributed by atoms with Gasteiger partial charge in [-0.1, -0.05) is 41.1 Å². The van der Waals surface area contributed by atoms with Gasteiger partial charge in [0, 0.05) is 5.56 Å². The third kappa shape index (κ3) is 1.75. The zero-order valence-electron chi connectivity index (χ0n) is 8.87. The molecule has 0 fully saturated rings. The minimum Gasteiger partial charge on any atom is -0.476 e. The smallest absolute Gasteiger partial charge is 0.356 e. The molecule has 5 nitrogen and oxygen atoms in total. The number of carbonyl (C=O) groups is 1. The molecule has 0 aliphatic rings. The average molecular weight is 280 g/mol. The Morgan fingerprint density at radius 1 is 1.39 bits per heavy atom. The van der Waals surface area contributed by atoms with Crippen LogP contribution in [0, 0.1) is 0 Å². The number of hydrogen-bond donors (Lipinski definition) is 1. The summed E-state index contributed by atoms with van der Waals surface area (Å²) in [6.07, 6.45) is 1.38. The lowest BCUT2D eigenvalue weighted by atomic mass is 10.2. The Morgan fingerprint density at radius 3 is 2.83 bits per heavy atom. The zero-order valence-corrected chi connectivity index (χ0v) is 10.4. The first kappa shape index (κ1) is 11.2. The normalized spacial score (nSPS) is 10.9. The first-order valence-corrected chi connectivity index (χ1v) is 6.19. The molecule has 0 atom stereocenters. The molecule has 0 bridgehead atoms. The Labute approximate surface area is 110 Å². The minimum atomic E-state index is -1.06. The molecule has 0 radical (unpaired) electrons. The lowest BCUT2D eigenvalue weighted by molar-refractivity contribution is 0.0691. The molecule has 7 heteroatoms. The number of benzene rings is 1. The number of rotatable bonds is 2. The fourth-order valence-electron chi connectivity index (χ4n) is 1.55. The van der Waals surface area contributed by atoms with E-state index in [2.05, 4.69) is 10.1 Å². The van der Waals surface area contributed by atoms with Crippen molar-refractivity contribution in [1.29, 1.82) is 0 Å². The monoisotopic (exact) mass is 279 g/mol. The molecule has 1 aromatic carbocycles. The molecule has 0 spiro atoms. The van der Waals surface area contributed by atoms with Crippen LogP contribution in [0.5, 0.6) is 0 Å². The molecule has 0 saturated heterocycles. The standard InChI is InChI=1S/C11H6ClN3O2S/c12-7-4-2-1-3-6(7)9-14-15-5-8(10(16)17)13-11(15)18-9/h1-5H,(H,16,17). The van der Waals surface area contributed by atoms with Gasteiger partial charge < -0.3 is 5.11 Å². The van der Waals surface area contributed by atoms with Crippen molar-refractivity contribution < 1.29 is 9.90 Å². The van der Waals surface area contributed by atoms with E-state index in [1.807, 2.05) is 18.2 Å². The number of aromatic nitrogens is 3. The second-order valence-electron chi connectivity index (χ2n) is 3.55. The number of fused-ring (bicyclic) bond motifs is 1. The summed E-state index contributed by atoms with van der Waals surface area (Å²) in [5.74, 6) is -1.06. The van der Waals surface area contributed by atoms with E-state index in [-0.39, 0.29) is 5.69 Å². The van der Waals surface area contributed by atoms with Gasteiger partial charge in [0.1, 0.15) is 5.01 Å². The summed E-state index contributed by atoms with van der Waals surface area (Å²) >= 11 is 7.37. The SMILES string of the molecule is O=C(O)c1cn2nc(-c3ccccc3Cl)sc2n1. The lowest BCUT2D eigenvalue weighted by Gasteiger charge is -1.97. The molecule has 0 aliphatic heterocycles. The van der Waals surface area contributed by atoms with E-state index in [1.165, 1.54) is 22.0 Å². The summed E-state index contributed by atoms with van der Waals surface area (Å²) in [6.45, 7) is 0. The van der Waals surface area contributed by atoms with Crippen molar-refractivity contribution in [1.82, 2.24) is 14.6 Å². The predicted molar refractivity (Wildman–Crippen MR) is 68.3 cm³/mol. The van der Waals surface area contributed by atoms with Crippen LogP contribution in [-0.2, 0) is 0 Å². The minimum absolute atomic E-state index is 0.0144. The third-order valence-electron chi connectivity index (χ3n) is 2.37. The Bertz CT molecular complexity index is 718. The maximum atomic E-state index is 10.8. The van der Waals surface area contributed by atoms with E-state index in [0.717, 1.165) is 5.56 Å². The Hall–Kier alpha value is -1.92. The summed E-state index contributed by atoms with van der Waals surface area (Å²) in [5, 5.41) is 14.4. The van der Waals surface area contributed by atoms with E-state index >= 15 is 0 Å². The van der Waals surface area contributed by atoms with Crippen LogP contribution in [0.4, 0.5) is 0 Å². The fourth-order valence-corrected chi connectivity index (χ4v) is 2.75. The van der Waals surface area contributed by atoms with Crippen LogP contribution in [0.3, 0.4) is 0 Å². The van der Waals surface area contributed by atoms with Crippen LogP contribution >= 0.6 is 22.9 Å². The number of nitrogens with zero attached hydrogens (tertiary/aromatic N) is 3. The van der Waals surface area contributed by atoms with Gasteiger partial charge in [0.2, 0.25) is 4.96 Å². The predicted octanol–water partition coefficient (Wildman–Crippen LogP) is 2.81. The summed E-state index contributed by atoms with van der Waals surface area (Å²) in [6, 6.07) is 7.35. The highest BCUT2D eigenvalue weighted by Crippen LogP contribution is 2.30. The maximum absolute atomic E-state index is 10.8. The van der Waals surface area contributed by atoms with Crippen molar-refractivity contribution in [2.75, 3.05) is 0 Å². The largest absolute Gasteiger partial charge is 0.476 e. The number of halogens is 1. The van der Waals surface area contributed by atoms with Gasteiger partial charge in [-0.2, -0.15) is 5.10 Å². The van der Waals surface area contributed by atoms with Crippen molar-refractivity contribution >= 4 is 33.9 Å². The average Bonchev–Trinajstić information content (AvgIpc) is 2.87. The van der Waals surface area contributed by atoms with Gasteiger partial charge in [0.05, 0.1) is 11.2 Å². The summed E-state index contributed by atoms with van der Waals surface area (Å²) in [4.78, 5) is 15.3. The van der Waals surface area contributed by atoms with Crippen LogP contribution < -0.4 is 0 Å². The molecule has 1 N–H and O–H groups in total. The van der Waals surface area contributed by atoms with Crippen molar-refractivity contribution in [2.24, 2.45) is 0 Å². The van der Waals surface area contributed by atoms with Gasteiger partial charge in [-0.3, -0.25) is 0 Å². The number of carboxylic acid groups (broad SMARTS) is 1. The second kappa shape index (κ2) is 4.08. The maximum Gasteiger partial charge on any atom is 0.356 e. The van der Waals surface area contributed by atoms with Crippen molar-refractivity contribution in [2.45, 2.75) is 0 Å². The van der Waals surface area contributed by atoms with E-state index < -0.39 is 5.97 Å². The molecule has 90 valence electrons. The van der Waals surface area contributed by atoms with Crippen molar-refractivity contribution in [3.8, 4) is 10.6 Å². The molecule has 3 rings (SSSR count).